The number of hydrogen-bond acceptors (Lipinski definition) is 2. The van der Waals surface area contributed by atoms with Crippen LogP contribution in [0.25, 0.3) is 0 Å². The molecule has 0 aromatic heterocycles. The molecule has 1 heterocycles. The molecule has 9 heavy (non-hydrogen) atoms. The lowest BCUT2D eigenvalue weighted by Crippen LogP contribution is -2.50. The van der Waals surface area contributed by atoms with Gasteiger partial charge in [0, 0.05) is 12.1 Å². The van der Waals surface area contributed by atoms with Crippen LogP contribution in [0.3, 0.4) is 0 Å². The van der Waals surface area contributed by atoms with Gasteiger partial charge in [0.2, 0.25) is 0 Å². The molecule has 0 amide bonds. The van der Waals surface area contributed by atoms with Crippen molar-refractivity contribution in [3.8, 4) is 0 Å². The van der Waals surface area contributed by atoms with Gasteiger partial charge >= 0.3 is 0 Å². The Morgan fingerprint density at radius 1 is 1.33 bits per heavy atom. The van der Waals surface area contributed by atoms with Crippen molar-refractivity contribution < 1.29 is 4.74 Å². The third-order valence-electron chi connectivity index (χ3n) is 1.86. The maximum Gasteiger partial charge on any atom is 0.0698 e. The molecular formula is C7H15NO. The van der Waals surface area contributed by atoms with Crippen LogP contribution in [0.15, 0.2) is 0 Å². The highest BCUT2D eigenvalue weighted by Gasteiger charge is 2.20. The van der Waals surface area contributed by atoms with Gasteiger partial charge in [0.25, 0.3) is 0 Å². The quantitative estimate of drug-likeness (QED) is 0.521. The Hall–Kier alpha value is -0.0800. The van der Waals surface area contributed by atoms with Gasteiger partial charge in [0.05, 0.1) is 12.7 Å². The van der Waals surface area contributed by atoms with Crippen molar-refractivity contribution in [3.63, 3.8) is 0 Å². The molecule has 1 aliphatic rings. The Bertz CT molecular complexity index is 94.9. The average Bonchev–Trinajstić information content (AvgIpc) is 1.80. The minimum absolute atomic E-state index is 0.376. The van der Waals surface area contributed by atoms with Crippen LogP contribution in [-0.2, 0) is 4.74 Å². The summed E-state index contributed by atoms with van der Waals surface area (Å²) in [7, 11) is 0. The minimum Gasteiger partial charge on any atom is -0.375 e. The molecular weight excluding hydrogens is 114 g/mol. The fourth-order valence-electron chi connectivity index (χ4n) is 1.07. The molecule has 0 bridgehead atoms. The molecule has 0 aromatic rings. The van der Waals surface area contributed by atoms with Gasteiger partial charge in [-0.25, -0.2) is 0 Å². The fourth-order valence-corrected chi connectivity index (χ4v) is 1.07. The fraction of sp³-hybridized carbons (Fsp3) is 1.00. The molecule has 54 valence electrons. The van der Waals surface area contributed by atoms with Crippen LogP contribution in [0.1, 0.15) is 20.8 Å². The van der Waals surface area contributed by atoms with Crippen molar-refractivity contribution in [1.82, 2.24) is 5.32 Å². The molecule has 1 aliphatic heterocycles. The van der Waals surface area contributed by atoms with Gasteiger partial charge in [-0.3, -0.25) is 0 Å². The number of rotatable bonds is 0. The predicted octanol–water partition coefficient (Wildman–Crippen LogP) is 0.772. The summed E-state index contributed by atoms with van der Waals surface area (Å²) in [5.41, 5.74) is 0. The molecule has 2 nitrogen and oxygen atoms in total. The first-order chi connectivity index (χ1) is 4.20. The Labute approximate surface area is 56.6 Å². The van der Waals surface area contributed by atoms with Gasteiger partial charge in [-0.05, 0) is 20.8 Å². The first kappa shape index (κ1) is 7.03. The summed E-state index contributed by atoms with van der Waals surface area (Å²) in [5.74, 6) is 0. The van der Waals surface area contributed by atoms with E-state index in [1.54, 1.807) is 0 Å². The van der Waals surface area contributed by atoms with E-state index >= 15 is 0 Å². The molecule has 3 atom stereocenters. The van der Waals surface area contributed by atoms with Gasteiger partial charge in [-0.1, -0.05) is 0 Å². The SMILES string of the molecule is C[C@@H]1CO[C@H](C)[C@@H](C)N1. The second-order valence-corrected chi connectivity index (χ2v) is 2.89. The van der Waals surface area contributed by atoms with Crippen LogP contribution in [-0.4, -0.2) is 24.8 Å². The van der Waals surface area contributed by atoms with E-state index in [2.05, 4.69) is 26.1 Å². The van der Waals surface area contributed by atoms with Crippen LogP contribution >= 0.6 is 0 Å². The number of morpholine rings is 1. The normalized spacial score (nSPS) is 45.0. The van der Waals surface area contributed by atoms with Crippen molar-refractivity contribution in [1.29, 1.82) is 0 Å². The molecule has 0 aromatic carbocycles. The van der Waals surface area contributed by atoms with Gasteiger partial charge in [0.1, 0.15) is 0 Å². The van der Waals surface area contributed by atoms with Gasteiger partial charge in [-0.2, -0.15) is 0 Å². The monoisotopic (exact) mass is 129 g/mol. The summed E-state index contributed by atoms with van der Waals surface area (Å²) >= 11 is 0. The first-order valence-electron chi connectivity index (χ1n) is 3.58. The molecule has 2 heteroatoms. The summed E-state index contributed by atoms with van der Waals surface area (Å²) in [4.78, 5) is 0. The minimum atomic E-state index is 0.376. The summed E-state index contributed by atoms with van der Waals surface area (Å²) in [5, 5.41) is 3.40. The van der Waals surface area contributed by atoms with Crippen molar-refractivity contribution in [2.45, 2.75) is 39.0 Å². The number of hydrogen-bond donors (Lipinski definition) is 1. The molecule has 1 saturated heterocycles. The Kier molecular flexibility index (Phi) is 2.09. The average molecular weight is 129 g/mol. The van der Waals surface area contributed by atoms with Crippen LogP contribution in [0.4, 0.5) is 0 Å². The van der Waals surface area contributed by atoms with Crippen molar-refractivity contribution in [2.75, 3.05) is 6.61 Å². The molecule has 1 rings (SSSR count). The van der Waals surface area contributed by atoms with Gasteiger partial charge < -0.3 is 10.1 Å². The smallest absolute Gasteiger partial charge is 0.0698 e. The third kappa shape index (κ3) is 1.66. The highest BCUT2D eigenvalue weighted by molar-refractivity contribution is 4.77. The Morgan fingerprint density at radius 2 is 2.00 bits per heavy atom. The summed E-state index contributed by atoms with van der Waals surface area (Å²) in [6, 6.07) is 1.03. The molecule has 0 saturated carbocycles. The van der Waals surface area contributed by atoms with E-state index in [0.29, 0.717) is 18.2 Å². The van der Waals surface area contributed by atoms with E-state index in [0.717, 1.165) is 6.61 Å². The van der Waals surface area contributed by atoms with Crippen molar-refractivity contribution in [3.05, 3.63) is 0 Å². The van der Waals surface area contributed by atoms with Crippen molar-refractivity contribution in [2.24, 2.45) is 0 Å². The molecule has 0 aliphatic carbocycles. The molecule has 1 N–H and O–H groups in total. The van der Waals surface area contributed by atoms with Gasteiger partial charge in [0.15, 0.2) is 0 Å². The second kappa shape index (κ2) is 2.67. The Balaban J connectivity index is 2.35. The molecule has 1 fully saturated rings. The lowest BCUT2D eigenvalue weighted by molar-refractivity contribution is -0.00764. The highest BCUT2D eigenvalue weighted by Crippen LogP contribution is 2.05. The maximum atomic E-state index is 5.44. The van der Waals surface area contributed by atoms with Crippen LogP contribution in [0, 0.1) is 0 Å². The number of ether oxygens (including phenoxy) is 1. The van der Waals surface area contributed by atoms with E-state index in [1.807, 2.05) is 0 Å². The number of nitrogens with one attached hydrogen (secondary N) is 1. The van der Waals surface area contributed by atoms with Crippen LogP contribution in [0.5, 0.6) is 0 Å². The van der Waals surface area contributed by atoms with Crippen LogP contribution in [0.2, 0.25) is 0 Å². The second-order valence-electron chi connectivity index (χ2n) is 2.89. The first-order valence-corrected chi connectivity index (χ1v) is 3.58. The molecule has 0 unspecified atom stereocenters. The highest BCUT2D eigenvalue weighted by atomic mass is 16.5. The summed E-state index contributed by atoms with van der Waals surface area (Å²) in [6.07, 6.45) is 0.376. The van der Waals surface area contributed by atoms with Crippen LogP contribution < -0.4 is 5.32 Å². The zero-order chi connectivity index (χ0) is 6.85. The topological polar surface area (TPSA) is 21.3 Å². The van der Waals surface area contributed by atoms with Crippen molar-refractivity contribution >= 4 is 0 Å². The van der Waals surface area contributed by atoms with Gasteiger partial charge in [-0.15, -0.1) is 0 Å². The van der Waals surface area contributed by atoms with E-state index in [9.17, 15) is 0 Å². The maximum absolute atomic E-state index is 5.44. The molecule has 0 radical (unpaired) electrons. The van der Waals surface area contributed by atoms with E-state index in [4.69, 9.17) is 4.74 Å². The van der Waals surface area contributed by atoms with E-state index < -0.39 is 0 Å². The predicted molar refractivity (Wildman–Crippen MR) is 37.5 cm³/mol. The summed E-state index contributed by atoms with van der Waals surface area (Å²) < 4.78 is 5.44. The lowest BCUT2D eigenvalue weighted by atomic mass is 10.1. The zero-order valence-corrected chi connectivity index (χ0v) is 6.35. The zero-order valence-electron chi connectivity index (χ0n) is 6.35. The largest absolute Gasteiger partial charge is 0.375 e. The Morgan fingerprint density at radius 3 is 2.44 bits per heavy atom. The van der Waals surface area contributed by atoms with E-state index in [-0.39, 0.29) is 0 Å². The van der Waals surface area contributed by atoms with E-state index in [1.165, 1.54) is 0 Å². The third-order valence-corrected chi connectivity index (χ3v) is 1.86. The standard InChI is InChI=1S/C7H15NO/c1-5-4-9-7(3)6(2)8-5/h5-8H,4H2,1-3H3/t5-,6-,7-/m1/s1. The lowest BCUT2D eigenvalue weighted by Gasteiger charge is -2.31. The molecule has 0 spiro atoms. The summed E-state index contributed by atoms with van der Waals surface area (Å²) in [6.45, 7) is 7.25.